The third-order valence-corrected chi connectivity index (χ3v) is 3.63. The zero-order chi connectivity index (χ0) is 19.8. The number of methoxy groups -OCH3 is 2. The van der Waals surface area contributed by atoms with E-state index in [1.165, 1.54) is 32.6 Å². The summed E-state index contributed by atoms with van der Waals surface area (Å²) < 4.78 is 10.2. The second kappa shape index (κ2) is 9.18. The average molecular weight is 372 g/mol. The Hall–Kier alpha value is -3.62. The Morgan fingerprint density at radius 3 is 2.44 bits per heavy atom. The van der Waals surface area contributed by atoms with Crippen molar-refractivity contribution >= 4 is 23.5 Å². The maximum absolute atomic E-state index is 11.9. The Balaban J connectivity index is 2.02. The molecule has 0 aliphatic carbocycles. The van der Waals surface area contributed by atoms with E-state index in [2.05, 4.69) is 15.8 Å². The molecule has 0 aliphatic rings. The molecular weight excluding hydrogens is 352 g/mol. The normalized spacial score (nSPS) is 10.5. The van der Waals surface area contributed by atoms with Crippen molar-refractivity contribution in [3.8, 4) is 11.5 Å². The molecule has 0 bridgehead atoms. The van der Waals surface area contributed by atoms with Crippen molar-refractivity contribution < 1.29 is 19.2 Å². The molecule has 1 amide bonds. The van der Waals surface area contributed by atoms with Gasteiger partial charge in [0.25, 0.3) is 5.91 Å². The number of rotatable bonds is 8. The predicted molar refractivity (Wildman–Crippen MR) is 102 cm³/mol. The average Bonchev–Trinajstić information content (AvgIpc) is 2.67. The van der Waals surface area contributed by atoms with Gasteiger partial charge in [-0.2, -0.15) is 5.10 Å². The van der Waals surface area contributed by atoms with Crippen molar-refractivity contribution in [3.05, 3.63) is 57.6 Å². The third kappa shape index (κ3) is 5.43. The quantitative estimate of drug-likeness (QED) is 0.418. The highest BCUT2D eigenvalue weighted by atomic mass is 16.6. The van der Waals surface area contributed by atoms with Crippen LogP contribution in [0.3, 0.4) is 0 Å². The largest absolute Gasteiger partial charge is 0.496 e. The number of carbonyl (C=O) groups is 1. The molecule has 9 nitrogen and oxygen atoms in total. The number of ether oxygens (including phenoxy) is 2. The molecule has 27 heavy (non-hydrogen) atoms. The molecule has 0 aromatic heterocycles. The summed E-state index contributed by atoms with van der Waals surface area (Å²) in [6.45, 7) is 2.00. The Morgan fingerprint density at radius 2 is 1.85 bits per heavy atom. The van der Waals surface area contributed by atoms with Crippen LogP contribution in [0.4, 0.5) is 11.4 Å². The zero-order valence-electron chi connectivity index (χ0n) is 15.2. The van der Waals surface area contributed by atoms with Crippen molar-refractivity contribution in [1.82, 2.24) is 5.43 Å². The van der Waals surface area contributed by atoms with Crippen LogP contribution in [-0.4, -0.2) is 37.8 Å². The van der Waals surface area contributed by atoms with E-state index < -0.39 is 4.92 Å². The Morgan fingerprint density at radius 1 is 1.19 bits per heavy atom. The highest BCUT2D eigenvalue weighted by Gasteiger charge is 2.18. The first-order valence-electron chi connectivity index (χ1n) is 7.97. The third-order valence-electron chi connectivity index (χ3n) is 3.63. The lowest BCUT2D eigenvalue weighted by Crippen LogP contribution is -2.25. The summed E-state index contributed by atoms with van der Waals surface area (Å²) in [4.78, 5) is 22.4. The first-order chi connectivity index (χ1) is 12.9. The van der Waals surface area contributed by atoms with E-state index in [4.69, 9.17) is 9.47 Å². The number of benzene rings is 2. The molecule has 0 atom stereocenters. The van der Waals surface area contributed by atoms with Gasteiger partial charge in [-0.15, -0.1) is 0 Å². The first kappa shape index (κ1) is 19.7. The number of amides is 1. The minimum absolute atomic E-state index is 0.0281. The van der Waals surface area contributed by atoms with Gasteiger partial charge in [0.05, 0.1) is 31.9 Å². The van der Waals surface area contributed by atoms with Crippen molar-refractivity contribution in [2.24, 2.45) is 5.10 Å². The summed E-state index contributed by atoms with van der Waals surface area (Å²) in [6, 6.07) is 10.3. The van der Waals surface area contributed by atoms with E-state index in [0.717, 1.165) is 11.3 Å². The molecule has 2 rings (SSSR count). The van der Waals surface area contributed by atoms with Crippen molar-refractivity contribution in [2.75, 3.05) is 26.1 Å². The summed E-state index contributed by atoms with van der Waals surface area (Å²) in [5.74, 6) is 0.0300. The van der Waals surface area contributed by atoms with Crippen LogP contribution >= 0.6 is 0 Å². The summed E-state index contributed by atoms with van der Waals surface area (Å²) in [5, 5.41) is 17.9. The van der Waals surface area contributed by atoms with Gasteiger partial charge in [-0.25, -0.2) is 5.43 Å². The van der Waals surface area contributed by atoms with Crippen LogP contribution in [-0.2, 0) is 4.79 Å². The van der Waals surface area contributed by atoms with E-state index >= 15 is 0 Å². The maximum Gasteiger partial charge on any atom is 0.311 e. The number of hydrazone groups is 1. The molecule has 0 fully saturated rings. The molecule has 0 heterocycles. The van der Waals surface area contributed by atoms with Gasteiger partial charge in [-0.05, 0) is 19.1 Å². The molecule has 9 heteroatoms. The SMILES string of the molecule is COc1cc(OC)c([N+](=O)[O-])cc1C=NNC(=O)CNc1ccc(C)cc1. The second-order valence-corrected chi connectivity index (χ2v) is 5.54. The molecule has 0 aliphatic heterocycles. The molecule has 0 saturated carbocycles. The number of carbonyl (C=O) groups excluding carboxylic acids is 1. The van der Waals surface area contributed by atoms with Gasteiger partial charge in [0.1, 0.15) is 5.75 Å². The molecule has 2 aromatic carbocycles. The van der Waals surface area contributed by atoms with Gasteiger partial charge in [0.15, 0.2) is 0 Å². The van der Waals surface area contributed by atoms with Crippen LogP contribution in [0.15, 0.2) is 41.5 Å². The van der Waals surface area contributed by atoms with Crippen molar-refractivity contribution in [2.45, 2.75) is 6.92 Å². The van der Waals surface area contributed by atoms with Gasteiger partial charge in [-0.3, -0.25) is 14.9 Å². The maximum atomic E-state index is 11.9. The summed E-state index contributed by atoms with van der Waals surface area (Å²) in [6.07, 6.45) is 1.27. The molecule has 0 unspecified atom stereocenters. The highest BCUT2D eigenvalue weighted by Crippen LogP contribution is 2.33. The molecule has 0 radical (unpaired) electrons. The number of anilines is 1. The standard InChI is InChI=1S/C18H20N4O5/c1-12-4-6-14(7-5-12)19-11-18(23)21-20-10-13-8-15(22(24)25)17(27-3)9-16(13)26-2/h4-10,19H,11H2,1-3H3,(H,21,23). The van der Waals surface area contributed by atoms with Gasteiger partial charge >= 0.3 is 5.69 Å². The number of nitrogens with zero attached hydrogens (tertiary/aromatic N) is 2. The molecule has 2 aromatic rings. The predicted octanol–water partition coefficient (Wildman–Crippen LogP) is 2.48. The van der Waals surface area contributed by atoms with Gasteiger partial charge in [0.2, 0.25) is 5.75 Å². The fourth-order valence-corrected chi connectivity index (χ4v) is 2.22. The molecular formula is C18H20N4O5. The lowest BCUT2D eigenvalue weighted by molar-refractivity contribution is -0.385. The number of aryl methyl sites for hydroxylation is 1. The van der Waals surface area contributed by atoms with Crippen LogP contribution in [0.5, 0.6) is 11.5 Å². The summed E-state index contributed by atoms with van der Waals surface area (Å²) in [5.41, 5.74) is 4.39. The molecule has 142 valence electrons. The molecule has 2 N–H and O–H groups in total. The minimum Gasteiger partial charge on any atom is -0.496 e. The fraction of sp³-hybridized carbons (Fsp3) is 0.222. The van der Waals surface area contributed by atoms with Crippen LogP contribution in [0.2, 0.25) is 0 Å². The topological polar surface area (TPSA) is 115 Å². The number of hydrogen-bond acceptors (Lipinski definition) is 7. The zero-order valence-corrected chi connectivity index (χ0v) is 15.2. The van der Waals surface area contributed by atoms with Gasteiger partial charge in [0, 0.05) is 23.4 Å². The van der Waals surface area contributed by atoms with Crippen LogP contribution in [0.1, 0.15) is 11.1 Å². The van der Waals surface area contributed by atoms with E-state index in [0.29, 0.717) is 11.3 Å². The van der Waals surface area contributed by atoms with Crippen molar-refractivity contribution in [1.29, 1.82) is 0 Å². The van der Waals surface area contributed by atoms with Crippen LogP contribution < -0.4 is 20.2 Å². The van der Waals surface area contributed by atoms with Crippen LogP contribution in [0, 0.1) is 17.0 Å². The Kier molecular flexibility index (Phi) is 6.70. The van der Waals surface area contributed by atoms with Gasteiger partial charge in [-0.1, -0.05) is 17.7 Å². The first-order valence-corrected chi connectivity index (χ1v) is 7.97. The number of nitrogens with one attached hydrogen (secondary N) is 2. The lowest BCUT2D eigenvalue weighted by atomic mass is 10.1. The summed E-state index contributed by atoms with van der Waals surface area (Å²) >= 11 is 0. The van der Waals surface area contributed by atoms with E-state index in [-0.39, 0.29) is 23.9 Å². The number of nitro groups is 1. The van der Waals surface area contributed by atoms with E-state index in [9.17, 15) is 14.9 Å². The Bertz CT molecular complexity index is 850. The minimum atomic E-state index is -0.570. The van der Waals surface area contributed by atoms with Crippen molar-refractivity contribution in [3.63, 3.8) is 0 Å². The van der Waals surface area contributed by atoms with E-state index in [1.54, 1.807) is 0 Å². The fourth-order valence-electron chi connectivity index (χ4n) is 2.22. The summed E-state index contributed by atoms with van der Waals surface area (Å²) in [7, 11) is 2.75. The number of hydrogen-bond donors (Lipinski definition) is 2. The monoisotopic (exact) mass is 372 g/mol. The van der Waals surface area contributed by atoms with E-state index in [1.807, 2.05) is 31.2 Å². The highest BCUT2D eigenvalue weighted by molar-refractivity contribution is 5.87. The lowest BCUT2D eigenvalue weighted by Gasteiger charge is -2.08. The van der Waals surface area contributed by atoms with Crippen LogP contribution in [0.25, 0.3) is 0 Å². The second-order valence-electron chi connectivity index (χ2n) is 5.54. The van der Waals surface area contributed by atoms with Gasteiger partial charge < -0.3 is 14.8 Å². The molecule has 0 saturated heterocycles. The Labute approximate surface area is 156 Å². The smallest absolute Gasteiger partial charge is 0.311 e. The molecule has 0 spiro atoms. The number of nitro benzene ring substituents is 1.